The molecule has 0 unspecified atom stereocenters. The van der Waals surface area contributed by atoms with Gasteiger partial charge < -0.3 is 9.67 Å². The van der Waals surface area contributed by atoms with Crippen LogP contribution < -0.4 is 0 Å². The molecule has 0 bridgehead atoms. The lowest BCUT2D eigenvalue weighted by Crippen LogP contribution is -2.01. The Labute approximate surface area is 108 Å². The summed E-state index contributed by atoms with van der Waals surface area (Å²) in [5, 5.41) is 17.2. The van der Waals surface area contributed by atoms with Crippen molar-refractivity contribution in [3.63, 3.8) is 0 Å². The number of hydrogen-bond donors (Lipinski definition) is 1. The molecule has 0 spiro atoms. The third-order valence-electron chi connectivity index (χ3n) is 2.33. The second-order valence-corrected chi connectivity index (χ2v) is 4.68. The first-order valence-corrected chi connectivity index (χ1v) is 6.23. The van der Waals surface area contributed by atoms with E-state index < -0.39 is 5.97 Å². The highest BCUT2D eigenvalue weighted by Gasteiger charge is 2.12. The van der Waals surface area contributed by atoms with E-state index in [9.17, 15) is 4.79 Å². The van der Waals surface area contributed by atoms with Crippen molar-refractivity contribution in [1.29, 1.82) is 0 Å². The number of aromatic nitrogens is 4. The second-order valence-electron chi connectivity index (χ2n) is 3.74. The van der Waals surface area contributed by atoms with E-state index in [4.69, 9.17) is 5.11 Å². The first kappa shape index (κ1) is 12.6. The van der Waals surface area contributed by atoms with Crippen LogP contribution in [0, 0.1) is 6.92 Å². The zero-order valence-electron chi connectivity index (χ0n) is 9.99. The predicted octanol–water partition coefficient (Wildman–Crippen LogP) is 1.36. The van der Waals surface area contributed by atoms with Crippen molar-refractivity contribution in [3.05, 3.63) is 24.0 Å². The van der Waals surface area contributed by atoms with Gasteiger partial charge in [0.2, 0.25) is 0 Å². The van der Waals surface area contributed by atoms with Crippen LogP contribution in [0.3, 0.4) is 0 Å². The Morgan fingerprint density at radius 3 is 2.83 bits per heavy atom. The minimum absolute atomic E-state index is 0.0296. The number of hydrogen-bond acceptors (Lipinski definition) is 5. The normalized spacial score (nSPS) is 10.6. The highest BCUT2D eigenvalue weighted by Crippen LogP contribution is 2.21. The van der Waals surface area contributed by atoms with Crippen LogP contribution in [-0.2, 0) is 11.8 Å². The summed E-state index contributed by atoms with van der Waals surface area (Å²) in [7, 11) is 1.80. The van der Waals surface area contributed by atoms with Crippen molar-refractivity contribution in [3.8, 4) is 11.4 Å². The molecule has 0 fully saturated rings. The molecular weight excluding hydrogens is 252 g/mol. The number of carboxylic acids is 1. The van der Waals surface area contributed by atoms with Gasteiger partial charge in [-0.05, 0) is 19.1 Å². The summed E-state index contributed by atoms with van der Waals surface area (Å²) in [5.74, 6) is -0.227. The maximum Gasteiger partial charge on any atom is 0.313 e. The molecular formula is C11H12N4O2S. The molecule has 94 valence electrons. The van der Waals surface area contributed by atoms with E-state index in [-0.39, 0.29) is 5.75 Å². The molecule has 2 aromatic rings. The SMILES string of the molecule is Cc1ccc(-c2nnc(SCC(=O)O)n2C)cn1. The lowest BCUT2D eigenvalue weighted by molar-refractivity contribution is -0.133. The number of carboxylic acid groups (broad SMARTS) is 1. The molecule has 0 aliphatic carbocycles. The smallest absolute Gasteiger partial charge is 0.313 e. The summed E-state index contributed by atoms with van der Waals surface area (Å²) in [5.41, 5.74) is 1.79. The van der Waals surface area contributed by atoms with Crippen LogP contribution in [0.1, 0.15) is 5.69 Å². The molecule has 2 rings (SSSR count). The number of nitrogens with zero attached hydrogens (tertiary/aromatic N) is 4. The van der Waals surface area contributed by atoms with Crippen molar-refractivity contribution < 1.29 is 9.90 Å². The Hall–Kier alpha value is -1.89. The number of aryl methyl sites for hydroxylation is 1. The minimum atomic E-state index is -0.874. The molecule has 0 amide bonds. The van der Waals surface area contributed by atoms with Gasteiger partial charge in [-0.15, -0.1) is 10.2 Å². The number of aliphatic carboxylic acids is 1. The topological polar surface area (TPSA) is 80.9 Å². The maximum atomic E-state index is 10.5. The molecule has 6 nitrogen and oxygen atoms in total. The number of thioether (sulfide) groups is 1. The molecule has 0 atom stereocenters. The van der Waals surface area contributed by atoms with E-state index >= 15 is 0 Å². The van der Waals surface area contributed by atoms with Gasteiger partial charge in [-0.25, -0.2) is 0 Å². The van der Waals surface area contributed by atoms with E-state index in [1.165, 1.54) is 0 Å². The molecule has 0 aliphatic rings. The first-order valence-electron chi connectivity index (χ1n) is 5.25. The fourth-order valence-corrected chi connectivity index (χ4v) is 2.05. The third kappa shape index (κ3) is 2.67. The average Bonchev–Trinajstić information content (AvgIpc) is 2.69. The van der Waals surface area contributed by atoms with Gasteiger partial charge in [0.15, 0.2) is 11.0 Å². The molecule has 0 saturated carbocycles. The zero-order valence-corrected chi connectivity index (χ0v) is 10.8. The summed E-state index contributed by atoms with van der Waals surface area (Å²) >= 11 is 1.14. The van der Waals surface area contributed by atoms with E-state index in [0.717, 1.165) is 23.0 Å². The highest BCUT2D eigenvalue weighted by atomic mass is 32.2. The van der Waals surface area contributed by atoms with Gasteiger partial charge in [-0.2, -0.15) is 0 Å². The van der Waals surface area contributed by atoms with Gasteiger partial charge in [-0.1, -0.05) is 11.8 Å². The molecule has 18 heavy (non-hydrogen) atoms. The molecule has 2 aromatic heterocycles. The summed E-state index contributed by atoms with van der Waals surface area (Å²) in [6, 6.07) is 3.81. The lowest BCUT2D eigenvalue weighted by Gasteiger charge is -2.02. The van der Waals surface area contributed by atoms with Crippen LogP contribution in [0.4, 0.5) is 0 Å². The Morgan fingerprint density at radius 1 is 1.44 bits per heavy atom. The summed E-state index contributed by atoms with van der Waals surface area (Å²) in [6.45, 7) is 1.91. The Morgan fingerprint density at radius 2 is 2.22 bits per heavy atom. The van der Waals surface area contributed by atoms with Crippen molar-refractivity contribution >= 4 is 17.7 Å². The van der Waals surface area contributed by atoms with E-state index in [1.54, 1.807) is 17.8 Å². The summed E-state index contributed by atoms with van der Waals surface area (Å²) in [4.78, 5) is 14.7. The maximum absolute atomic E-state index is 10.5. The molecule has 1 N–H and O–H groups in total. The van der Waals surface area contributed by atoms with Gasteiger partial charge in [0.25, 0.3) is 0 Å². The van der Waals surface area contributed by atoms with Crippen LogP contribution in [-0.4, -0.2) is 36.6 Å². The van der Waals surface area contributed by atoms with Crippen LogP contribution in [0.5, 0.6) is 0 Å². The average molecular weight is 264 g/mol. The fourth-order valence-electron chi connectivity index (χ4n) is 1.42. The standard InChI is InChI=1S/C11H12N4O2S/c1-7-3-4-8(5-12-7)10-13-14-11(15(10)2)18-6-9(16)17/h3-5H,6H2,1-2H3,(H,16,17). The van der Waals surface area contributed by atoms with Crippen molar-refractivity contribution in [2.75, 3.05) is 5.75 Å². The van der Waals surface area contributed by atoms with Crippen LogP contribution in [0.15, 0.2) is 23.5 Å². The van der Waals surface area contributed by atoms with Crippen molar-refractivity contribution in [2.24, 2.45) is 7.05 Å². The second kappa shape index (κ2) is 5.18. The largest absolute Gasteiger partial charge is 0.481 e. The predicted molar refractivity (Wildman–Crippen MR) is 67.3 cm³/mol. The van der Waals surface area contributed by atoms with E-state index in [0.29, 0.717) is 11.0 Å². The van der Waals surface area contributed by atoms with Gasteiger partial charge in [0, 0.05) is 24.5 Å². The molecule has 0 saturated heterocycles. The quantitative estimate of drug-likeness (QED) is 0.840. The minimum Gasteiger partial charge on any atom is -0.481 e. The van der Waals surface area contributed by atoms with Crippen molar-refractivity contribution in [2.45, 2.75) is 12.1 Å². The summed E-state index contributed by atoms with van der Waals surface area (Å²) < 4.78 is 1.76. The monoisotopic (exact) mass is 264 g/mol. The number of pyridine rings is 1. The van der Waals surface area contributed by atoms with Gasteiger partial charge >= 0.3 is 5.97 Å². The van der Waals surface area contributed by atoms with Crippen molar-refractivity contribution in [1.82, 2.24) is 19.7 Å². The Balaban J connectivity index is 2.25. The molecule has 0 aromatic carbocycles. The first-order chi connectivity index (χ1) is 8.58. The summed E-state index contributed by atoms with van der Waals surface area (Å²) in [6.07, 6.45) is 1.73. The van der Waals surface area contributed by atoms with Gasteiger partial charge in [0.1, 0.15) is 0 Å². The number of rotatable bonds is 4. The Kier molecular flexibility index (Phi) is 3.61. The molecule has 0 aliphatic heterocycles. The molecule has 7 heteroatoms. The lowest BCUT2D eigenvalue weighted by atomic mass is 10.2. The van der Waals surface area contributed by atoms with Crippen LogP contribution in [0.25, 0.3) is 11.4 Å². The van der Waals surface area contributed by atoms with E-state index in [2.05, 4.69) is 15.2 Å². The van der Waals surface area contributed by atoms with Crippen LogP contribution in [0.2, 0.25) is 0 Å². The Bertz CT molecular complexity index is 565. The van der Waals surface area contributed by atoms with Crippen LogP contribution >= 0.6 is 11.8 Å². The third-order valence-corrected chi connectivity index (χ3v) is 3.33. The fraction of sp³-hybridized carbons (Fsp3) is 0.273. The molecule has 0 radical (unpaired) electrons. The van der Waals surface area contributed by atoms with E-state index in [1.807, 2.05) is 19.1 Å². The number of carbonyl (C=O) groups is 1. The highest BCUT2D eigenvalue weighted by molar-refractivity contribution is 7.99. The molecule has 2 heterocycles. The van der Waals surface area contributed by atoms with Gasteiger partial charge in [0.05, 0.1) is 5.75 Å². The zero-order chi connectivity index (χ0) is 13.1. The van der Waals surface area contributed by atoms with Gasteiger partial charge in [-0.3, -0.25) is 9.78 Å².